The van der Waals surface area contributed by atoms with E-state index in [1.165, 1.54) is 5.56 Å². The lowest BCUT2D eigenvalue weighted by Gasteiger charge is -2.34. The van der Waals surface area contributed by atoms with Gasteiger partial charge in [0.1, 0.15) is 11.4 Å². The van der Waals surface area contributed by atoms with Crippen molar-refractivity contribution >= 4 is 11.7 Å². The lowest BCUT2D eigenvalue weighted by atomic mass is 9.89. The average molecular weight is 335 g/mol. The Morgan fingerprint density at radius 2 is 1.92 bits per heavy atom. The summed E-state index contributed by atoms with van der Waals surface area (Å²) in [5, 5.41) is 0. The summed E-state index contributed by atoms with van der Waals surface area (Å²) in [6, 6.07) is 15.1. The highest BCUT2D eigenvalue weighted by Crippen LogP contribution is 2.38. The molecule has 4 rings (SSSR count). The Hall–Kier alpha value is -2.62. The van der Waals surface area contributed by atoms with Gasteiger partial charge in [-0.2, -0.15) is 0 Å². The van der Waals surface area contributed by atoms with Gasteiger partial charge in [0.05, 0.1) is 18.5 Å². The van der Waals surface area contributed by atoms with Crippen LogP contribution in [0, 0.1) is 0 Å². The zero-order chi connectivity index (χ0) is 17.4. The number of ketones is 1. The molecule has 0 aromatic heterocycles. The maximum atomic E-state index is 12.8. The van der Waals surface area contributed by atoms with E-state index in [2.05, 4.69) is 6.92 Å². The van der Waals surface area contributed by atoms with Crippen LogP contribution in [0.2, 0.25) is 0 Å². The van der Waals surface area contributed by atoms with Crippen molar-refractivity contribution in [1.29, 1.82) is 0 Å². The molecular formula is C21H21NO3. The van der Waals surface area contributed by atoms with E-state index in [0.717, 1.165) is 6.42 Å². The van der Waals surface area contributed by atoms with Gasteiger partial charge in [-0.25, -0.2) is 0 Å². The van der Waals surface area contributed by atoms with E-state index in [-0.39, 0.29) is 11.7 Å². The zero-order valence-corrected chi connectivity index (χ0v) is 14.3. The minimum Gasteiger partial charge on any atom is -0.484 e. The molecule has 4 nitrogen and oxygen atoms in total. The van der Waals surface area contributed by atoms with Gasteiger partial charge in [-0.3, -0.25) is 9.59 Å². The van der Waals surface area contributed by atoms with Gasteiger partial charge in [0, 0.05) is 18.5 Å². The van der Waals surface area contributed by atoms with Gasteiger partial charge < -0.3 is 9.64 Å². The first-order chi connectivity index (χ1) is 12.1. The van der Waals surface area contributed by atoms with E-state index in [1.807, 2.05) is 47.4 Å². The predicted molar refractivity (Wildman–Crippen MR) is 95.1 cm³/mol. The van der Waals surface area contributed by atoms with E-state index >= 15 is 0 Å². The number of benzene rings is 2. The van der Waals surface area contributed by atoms with Crippen LogP contribution in [0.1, 0.15) is 46.0 Å². The van der Waals surface area contributed by atoms with Crippen LogP contribution in [0.3, 0.4) is 0 Å². The molecule has 4 heteroatoms. The first kappa shape index (κ1) is 15.9. The number of Topliss-reactive ketones (excluding diaryl/α,β-unsaturated/α-hetero) is 1. The van der Waals surface area contributed by atoms with Crippen molar-refractivity contribution < 1.29 is 14.3 Å². The topological polar surface area (TPSA) is 46.6 Å². The van der Waals surface area contributed by atoms with E-state index in [0.29, 0.717) is 42.8 Å². The number of likely N-dealkylation sites (tertiary alicyclic amines) is 1. The van der Waals surface area contributed by atoms with E-state index in [9.17, 15) is 9.59 Å². The molecule has 128 valence electrons. The molecule has 2 heterocycles. The van der Waals surface area contributed by atoms with Gasteiger partial charge >= 0.3 is 0 Å². The van der Waals surface area contributed by atoms with Crippen LogP contribution < -0.4 is 4.74 Å². The number of para-hydroxylation sites is 1. The van der Waals surface area contributed by atoms with Gasteiger partial charge in [-0.1, -0.05) is 31.2 Å². The average Bonchev–Trinajstić information content (AvgIpc) is 3.04. The molecule has 1 fully saturated rings. The first-order valence-electron chi connectivity index (χ1n) is 8.80. The highest BCUT2D eigenvalue weighted by molar-refractivity contribution is 6.00. The molecule has 1 spiro atoms. The van der Waals surface area contributed by atoms with E-state index in [1.54, 1.807) is 6.07 Å². The van der Waals surface area contributed by atoms with E-state index < -0.39 is 5.60 Å². The second-order valence-corrected chi connectivity index (χ2v) is 6.91. The number of rotatable bonds is 2. The number of hydrogen-bond donors (Lipinski definition) is 0. The van der Waals surface area contributed by atoms with Crippen LogP contribution in [-0.2, 0) is 6.42 Å². The molecule has 0 aliphatic carbocycles. The minimum absolute atomic E-state index is 0.00874. The lowest BCUT2D eigenvalue weighted by Crippen LogP contribution is -2.45. The molecule has 0 saturated carbocycles. The molecule has 25 heavy (non-hydrogen) atoms. The molecule has 2 aliphatic heterocycles. The third kappa shape index (κ3) is 2.82. The van der Waals surface area contributed by atoms with Crippen LogP contribution in [0.15, 0.2) is 48.5 Å². The molecule has 1 saturated heterocycles. The fraction of sp³-hybridized carbons (Fsp3) is 0.333. The number of amides is 1. The molecule has 1 amide bonds. The standard InChI is InChI=1S/C21H21NO3/c1-2-15-7-9-16(10-8-15)20(24)22-12-11-21(14-22)13-18(23)17-5-3-4-6-19(17)25-21/h3-10H,2,11-14H2,1H3. The third-order valence-electron chi connectivity index (χ3n) is 5.21. The third-order valence-corrected chi connectivity index (χ3v) is 5.21. The maximum Gasteiger partial charge on any atom is 0.253 e. The fourth-order valence-corrected chi connectivity index (χ4v) is 3.75. The number of aryl methyl sites for hydroxylation is 1. The molecule has 1 unspecified atom stereocenters. The monoisotopic (exact) mass is 335 g/mol. The quantitative estimate of drug-likeness (QED) is 0.844. The van der Waals surface area contributed by atoms with Gasteiger partial charge in [-0.15, -0.1) is 0 Å². The zero-order valence-electron chi connectivity index (χ0n) is 14.3. The molecule has 0 radical (unpaired) electrons. The number of carbonyl (C=O) groups excluding carboxylic acids is 2. The van der Waals surface area contributed by atoms with Crippen molar-refractivity contribution in [2.24, 2.45) is 0 Å². The summed E-state index contributed by atoms with van der Waals surface area (Å²) in [6.45, 7) is 3.17. The summed E-state index contributed by atoms with van der Waals surface area (Å²) in [5.74, 6) is 0.748. The summed E-state index contributed by atoms with van der Waals surface area (Å²) < 4.78 is 6.19. The number of hydrogen-bond acceptors (Lipinski definition) is 3. The second kappa shape index (κ2) is 6.03. The van der Waals surface area contributed by atoms with Crippen LogP contribution in [-0.4, -0.2) is 35.3 Å². The van der Waals surface area contributed by atoms with Crippen LogP contribution in [0.25, 0.3) is 0 Å². The van der Waals surface area contributed by atoms with Crippen molar-refractivity contribution in [3.05, 3.63) is 65.2 Å². The smallest absolute Gasteiger partial charge is 0.253 e. The molecule has 2 aliphatic rings. The summed E-state index contributed by atoms with van der Waals surface area (Å²) in [7, 11) is 0. The molecular weight excluding hydrogens is 314 g/mol. The molecule has 1 atom stereocenters. The number of nitrogens with zero attached hydrogens (tertiary/aromatic N) is 1. The Bertz CT molecular complexity index is 827. The van der Waals surface area contributed by atoms with Gasteiger partial charge in [0.25, 0.3) is 5.91 Å². The van der Waals surface area contributed by atoms with Crippen LogP contribution in [0.5, 0.6) is 5.75 Å². The number of fused-ring (bicyclic) bond motifs is 1. The van der Waals surface area contributed by atoms with Gasteiger partial charge in [0.15, 0.2) is 5.78 Å². The van der Waals surface area contributed by atoms with Crippen LogP contribution >= 0.6 is 0 Å². The van der Waals surface area contributed by atoms with Crippen molar-refractivity contribution in [1.82, 2.24) is 4.90 Å². The van der Waals surface area contributed by atoms with Gasteiger partial charge in [-0.05, 0) is 36.2 Å². The number of carbonyl (C=O) groups is 2. The minimum atomic E-state index is -0.579. The Balaban J connectivity index is 1.53. The normalized spacial score (nSPS) is 22.0. The summed E-state index contributed by atoms with van der Waals surface area (Å²) >= 11 is 0. The Labute approximate surface area is 147 Å². The van der Waals surface area contributed by atoms with Crippen molar-refractivity contribution in [3.8, 4) is 5.75 Å². The Morgan fingerprint density at radius 1 is 1.16 bits per heavy atom. The highest BCUT2D eigenvalue weighted by atomic mass is 16.5. The number of ether oxygens (including phenoxy) is 1. The fourth-order valence-electron chi connectivity index (χ4n) is 3.75. The van der Waals surface area contributed by atoms with Crippen molar-refractivity contribution in [2.75, 3.05) is 13.1 Å². The van der Waals surface area contributed by atoms with Crippen molar-refractivity contribution in [3.63, 3.8) is 0 Å². The molecule has 0 bridgehead atoms. The Morgan fingerprint density at radius 3 is 2.68 bits per heavy atom. The van der Waals surface area contributed by atoms with Gasteiger partial charge in [0.2, 0.25) is 0 Å². The summed E-state index contributed by atoms with van der Waals surface area (Å²) in [4.78, 5) is 27.1. The van der Waals surface area contributed by atoms with Crippen LogP contribution in [0.4, 0.5) is 0 Å². The summed E-state index contributed by atoms with van der Waals surface area (Å²) in [6.07, 6.45) is 1.98. The second-order valence-electron chi connectivity index (χ2n) is 6.91. The van der Waals surface area contributed by atoms with Crippen molar-refractivity contribution in [2.45, 2.75) is 31.8 Å². The molecule has 2 aromatic carbocycles. The molecule has 0 N–H and O–H groups in total. The highest BCUT2D eigenvalue weighted by Gasteiger charge is 2.46. The maximum absolute atomic E-state index is 12.8. The SMILES string of the molecule is CCc1ccc(C(=O)N2CCC3(CC(=O)c4ccccc4O3)C2)cc1. The summed E-state index contributed by atoms with van der Waals surface area (Å²) in [5.41, 5.74) is 1.97. The lowest BCUT2D eigenvalue weighted by molar-refractivity contribution is 0.0428. The largest absolute Gasteiger partial charge is 0.484 e. The molecule has 2 aromatic rings. The predicted octanol–water partition coefficient (Wildman–Crippen LogP) is 3.50. The Kier molecular flexibility index (Phi) is 3.83. The van der Waals surface area contributed by atoms with E-state index in [4.69, 9.17) is 4.74 Å². The first-order valence-corrected chi connectivity index (χ1v) is 8.80.